The van der Waals surface area contributed by atoms with Gasteiger partial charge in [-0.1, -0.05) is 153 Å². The van der Waals surface area contributed by atoms with E-state index in [1.165, 1.54) is 94.3 Å². The Morgan fingerprint density at radius 3 is 0.930 bits per heavy atom. The summed E-state index contributed by atoms with van der Waals surface area (Å²) in [7, 11) is 0. The highest BCUT2D eigenvalue weighted by Gasteiger charge is 2.32. The normalized spacial score (nSPS) is 13.6. The van der Waals surface area contributed by atoms with Crippen LogP contribution in [0, 0.1) is 0 Å². The van der Waals surface area contributed by atoms with Crippen molar-refractivity contribution in [1.82, 2.24) is 79.7 Å². The fourth-order valence-electron chi connectivity index (χ4n) is 18.7. The van der Waals surface area contributed by atoms with E-state index in [0.717, 1.165) is 201 Å². The maximum atomic E-state index is 6.23. The lowest BCUT2D eigenvalue weighted by Crippen LogP contribution is -2.10. The summed E-state index contributed by atoms with van der Waals surface area (Å²) >= 11 is 0. The van der Waals surface area contributed by atoms with Crippen LogP contribution in [-0.4, -0.2) is 79.7 Å². The Labute approximate surface area is 744 Å². The van der Waals surface area contributed by atoms with E-state index in [1.54, 1.807) is 0 Å². The van der Waals surface area contributed by atoms with Crippen LogP contribution >= 0.6 is 0 Å². The van der Waals surface area contributed by atoms with Gasteiger partial charge in [0.15, 0.2) is 0 Å². The number of hydrogen-bond acceptors (Lipinski definition) is 12. The number of hydrogen-bond donors (Lipinski definition) is 8. The predicted octanol–water partition coefficient (Wildman–Crippen LogP) is 26.6. The molecular weight excluding hydrogens is 1590 g/mol. The number of aryl methyl sites for hydroxylation is 4. The molecule has 24 rings (SSSR count). The van der Waals surface area contributed by atoms with Gasteiger partial charge < -0.3 is 58.8 Å². The number of fused-ring (bicyclic) bond motifs is 24. The van der Waals surface area contributed by atoms with Crippen molar-refractivity contribution >= 4 is 43.6 Å². The van der Waals surface area contributed by atoms with E-state index in [9.17, 15) is 0 Å². The molecule has 644 valence electrons. The van der Waals surface area contributed by atoms with Gasteiger partial charge in [-0.2, -0.15) is 0 Å². The molecule has 20 nitrogen and oxygen atoms in total. The van der Waals surface area contributed by atoms with Crippen LogP contribution in [0.4, 0.5) is 0 Å². The van der Waals surface area contributed by atoms with Gasteiger partial charge in [0.1, 0.15) is 96.0 Å². The summed E-state index contributed by atoms with van der Waals surface area (Å²) < 4.78 is 24.9. The molecule has 2 aliphatic carbocycles. The van der Waals surface area contributed by atoms with Crippen LogP contribution in [0.3, 0.4) is 0 Å². The zero-order valence-electron chi connectivity index (χ0n) is 75.7. The highest BCUT2D eigenvalue weighted by atomic mass is 16.5. The van der Waals surface area contributed by atoms with Crippen LogP contribution in [0.15, 0.2) is 170 Å². The van der Waals surface area contributed by atoms with Crippen LogP contribution in [-0.2, 0) is 52.1 Å². The van der Waals surface area contributed by atoms with Crippen LogP contribution in [0.5, 0.6) is 23.0 Å². The molecule has 128 heavy (non-hydrogen) atoms. The third kappa shape index (κ3) is 14.8. The summed E-state index contributed by atoms with van der Waals surface area (Å²) in [6, 6.07) is 52.8. The molecule has 0 amide bonds. The lowest BCUT2D eigenvalue weighted by molar-refractivity contribution is 0.302. The van der Waals surface area contributed by atoms with E-state index in [2.05, 4.69) is 316 Å². The first-order valence-corrected chi connectivity index (χ1v) is 45.6. The summed E-state index contributed by atoms with van der Waals surface area (Å²) in [5.74, 6) is 15.0. The number of ether oxygens (including phenoxy) is 4. The average Bonchev–Trinajstić information content (AvgIpc) is 1.57. The van der Waals surface area contributed by atoms with Crippen molar-refractivity contribution in [3.63, 3.8) is 0 Å². The Bertz CT molecular complexity index is 6970. The van der Waals surface area contributed by atoms with Crippen LogP contribution < -0.4 is 18.9 Å². The van der Waals surface area contributed by atoms with Gasteiger partial charge in [-0.05, 0) is 201 Å². The number of benzene rings is 10. The maximum Gasteiger partial charge on any atom is 0.128 e. The molecule has 0 spiro atoms. The molecule has 8 aromatic heterocycles. The molecule has 0 unspecified atom stereocenters. The number of H-pyrrole nitrogens is 8. The van der Waals surface area contributed by atoms with Crippen molar-refractivity contribution in [2.24, 2.45) is 0 Å². The topological polar surface area (TPSA) is 266 Å². The predicted molar refractivity (Wildman–Crippen MR) is 512 cm³/mol. The van der Waals surface area contributed by atoms with Crippen LogP contribution in [0.25, 0.3) is 156 Å². The molecule has 18 aromatic rings. The summed E-state index contributed by atoms with van der Waals surface area (Å²) in [5, 5.41) is 4.67. The molecule has 4 aliphatic heterocycles. The molecular formula is C108H108N16O4. The van der Waals surface area contributed by atoms with E-state index in [4.69, 9.17) is 38.9 Å². The highest BCUT2D eigenvalue weighted by Crippen LogP contribution is 2.50. The molecule has 20 heteroatoms. The van der Waals surface area contributed by atoms with Gasteiger partial charge in [0, 0.05) is 120 Å². The second kappa shape index (κ2) is 32.2. The summed E-state index contributed by atoms with van der Waals surface area (Å²) in [6.07, 6.45) is 11.8. The Morgan fingerprint density at radius 2 is 0.555 bits per heavy atom. The highest BCUT2D eigenvalue weighted by molar-refractivity contribution is 6.08. The Kier molecular flexibility index (Phi) is 20.4. The van der Waals surface area contributed by atoms with E-state index in [-0.39, 0.29) is 0 Å². The standard InChI is InChI=1S/C27H26N4O.2C27H28N4O.C27H26N4O/c1-14(2)26-28-12-23(30-26)17-5-7-19-18(9-17)13-32-24-11-20-16(10-21(19)24)6-8-22-25(20)31-27(29-22)15(3)4;3*1-14(2)26-28-12-23(30-26)17-5-7-19-20-9-16-6-8-22-25(31-27(29-22)15(3)4)21(16)10-18(20)13-32-24(19)11-17/h5-12,14-15H,13H2,1-4H3,(H,28,30)(H,29,31);2*5,7,9-12,14-15H,6,8,13H2,1-4H3,(H,28,30)(H,29,31);5-12,14-15H,13H2,1-4H3,(H,28,30)(H,29,31). The first kappa shape index (κ1) is 81.2. The average molecular weight is 1690 g/mol. The van der Waals surface area contributed by atoms with E-state index >= 15 is 0 Å². The minimum Gasteiger partial charge on any atom is -0.488 e. The quantitative estimate of drug-likeness (QED) is 0.0568. The second-order valence-corrected chi connectivity index (χ2v) is 37.8. The maximum absolute atomic E-state index is 6.23. The molecule has 0 saturated carbocycles. The largest absolute Gasteiger partial charge is 0.488 e. The minimum atomic E-state index is 0.360. The monoisotopic (exact) mass is 1690 g/mol. The molecule has 8 N–H and O–H groups in total. The molecule has 6 aliphatic rings. The van der Waals surface area contributed by atoms with Gasteiger partial charge in [-0.15, -0.1) is 0 Å². The molecule has 0 fully saturated rings. The van der Waals surface area contributed by atoms with Crippen molar-refractivity contribution < 1.29 is 18.9 Å². The van der Waals surface area contributed by atoms with Crippen molar-refractivity contribution in [3.8, 4) is 135 Å². The SMILES string of the molecule is CC(C)c1ncc(-c2ccc3c(c2)COc2cc4c(ccc5[nH]c(C(C)C)nc54)cc2-3)[nH]1.CC(C)c1ncc(-c2ccc3c(c2)OCc2cc4c(cc2-3)CCc2[nH]c(C(C)C)nc2-4)[nH]1.CC(C)c1ncc(-c2ccc3c(c2)OCc2cc4c(cc2-3)CCc2[nH]c(C(C)C)nc2-4)[nH]1.CC(C)c1ncc(-c2ccc3c(c2)OCc2cc4c(ccc5[nH]c(C(C)C)nc54)cc2-3)[nH]1. The van der Waals surface area contributed by atoms with Crippen LogP contribution in [0.2, 0.25) is 0 Å². The summed E-state index contributed by atoms with van der Waals surface area (Å²) in [6.45, 7) is 36.8. The Morgan fingerprint density at radius 1 is 0.242 bits per heavy atom. The van der Waals surface area contributed by atoms with Gasteiger partial charge >= 0.3 is 0 Å². The third-order valence-corrected chi connectivity index (χ3v) is 26.1. The van der Waals surface area contributed by atoms with Crippen molar-refractivity contribution in [2.45, 2.75) is 210 Å². The Balaban J connectivity index is 0.000000104. The lowest BCUT2D eigenvalue weighted by Gasteiger charge is -2.25. The van der Waals surface area contributed by atoms with Gasteiger partial charge in [0.05, 0.1) is 81.0 Å². The van der Waals surface area contributed by atoms with Crippen molar-refractivity contribution in [3.05, 3.63) is 262 Å². The van der Waals surface area contributed by atoms with E-state index < -0.39 is 0 Å². The number of imidazole rings is 8. The number of aromatic amines is 8. The van der Waals surface area contributed by atoms with Crippen LogP contribution in [0.1, 0.15) is 249 Å². The van der Waals surface area contributed by atoms with Gasteiger partial charge in [-0.25, -0.2) is 39.9 Å². The van der Waals surface area contributed by atoms with Crippen molar-refractivity contribution in [1.29, 1.82) is 0 Å². The van der Waals surface area contributed by atoms with E-state index in [0.29, 0.717) is 73.8 Å². The number of rotatable bonds is 12. The minimum absolute atomic E-state index is 0.360. The Hall–Kier alpha value is -13.9. The lowest BCUT2D eigenvalue weighted by atomic mass is 9.85. The van der Waals surface area contributed by atoms with Gasteiger partial charge in [0.25, 0.3) is 0 Å². The van der Waals surface area contributed by atoms with Gasteiger partial charge in [0.2, 0.25) is 0 Å². The molecule has 0 radical (unpaired) electrons. The van der Waals surface area contributed by atoms with Gasteiger partial charge in [-0.3, -0.25) is 0 Å². The molecule has 12 heterocycles. The fourth-order valence-corrected chi connectivity index (χ4v) is 18.7. The number of aromatic nitrogens is 16. The smallest absolute Gasteiger partial charge is 0.128 e. The summed E-state index contributed by atoms with van der Waals surface area (Å²) in [4.78, 5) is 65.5. The zero-order valence-corrected chi connectivity index (χ0v) is 75.7. The molecule has 10 aromatic carbocycles. The summed E-state index contributed by atoms with van der Waals surface area (Å²) in [5.41, 5.74) is 37.3. The van der Waals surface area contributed by atoms with Crippen molar-refractivity contribution in [2.75, 3.05) is 0 Å². The fraction of sp³-hybridized carbons (Fsp3) is 0.296. The molecule has 0 atom stereocenters. The molecule has 0 bridgehead atoms. The third-order valence-electron chi connectivity index (χ3n) is 26.1. The number of nitrogens with zero attached hydrogens (tertiary/aromatic N) is 8. The first-order chi connectivity index (χ1) is 61.9. The first-order valence-electron chi connectivity index (χ1n) is 45.6. The van der Waals surface area contributed by atoms with E-state index in [1.807, 2.05) is 24.8 Å². The zero-order chi connectivity index (χ0) is 87.9. The molecule has 0 saturated heterocycles. The second-order valence-electron chi connectivity index (χ2n) is 37.8. The number of nitrogens with one attached hydrogen (secondary N) is 8.